The predicted molar refractivity (Wildman–Crippen MR) is 121 cm³/mol. The Kier molecular flexibility index (Phi) is 8.12. The molecule has 0 spiro atoms. The molecule has 156 valence electrons. The van der Waals surface area contributed by atoms with Gasteiger partial charge in [0, 0.05) is 34.5 Å². The summed E-state index contributed by atoms with van der Waals surface area (Å²) in [6.45, 7) is 4.01. The molecule has 1 aromatic carbocycles. The Morgan fingerprint density at radius 2 is 1.86 bits per heavy atom. The van der Waals surface area contributed by atoms with Gasteiger partial charge in [-0.25, -0.2) is 4.98 Å². The van der Waals surface area contributed by atoms with Crippen molar-refractivity contribution in [2.24, 2.45) is 0 Å². The number of rotatable bonds is 8. The SMILES string of the molecule is CCCC(=O)Nc1ccc(CC(=O)NC2CCC(Sc3nc(C)cs3)CC2)cc1. The number of hydrogen-bond donors (Lipinski definition) is 2. The Hall–Kier alpha value is -1.86. The van der Waals surface area contributed by atoms with Crippen molar-refractivity contribution in [2.45, 2.75) is 74.4 Å². The molecule has 29 heavy (non-hydrogen) atoms. The first kappa shape index (κ1) is 21.8. The quantitative estimate of drug-likeness (QED) is 0.620. The minimum atomic E-state index is 0.0248. The van der Waals surface area contributed by atoms with Gasteiger partial charge in [0.25, 0.3) is 0 Å². The molecule has 0 bridgehead atoms. The summed E-state index contributed by atoms with van der Waals surface area (Å²) >= 11 is 3.60. The third-order valence-electron chi connectivity index (χ3n) is 4.98. The minimum absolute atomic E-state index is 0.0248. The van der Waals surface area contributed by atoms with Gasteiger partial charge >= 0.3 is 0 Å². The van der Waals surface area contributed by atoms with E-state index in [2.05, 4.69) is 21.0 Å². The van der Waals surface area contributed by atoms with Gasteiger partial charge in [0.1, 0.15) is 4.34 Å². The lowest BCUT2D eigenvalue weighted by atomic mass is 9.95. The van der Waals surface area contributed by atoms with Gasteiger partial charge in [-0.1, -0.05) is 30.8 Å². The fraction of sp³-hybridized carbons (Fsp3) is 0.500. The van der Waals surface area contributed by atoms with Crippen molar-refractivity contribution in [1.29, 1.82) is 0 Å². The lowest BCUT2D eigenvalue weighted by Gasteiger charge is -2.28. The molecule has 7 heteroatoms. The zero-order valence-electron chi connectivity index (χ0n) is 17.1. The number of thioether (sulfide) groups is 1. The molecule has 3 rings (SSSR count). The van der Waals surface area contributed by atoms with Gasteiger partial charge in [0.05, 0.1) is 6.42 Å². The number of aromatic nitrogens is 1. The minimum Gasteiger partial charge on any atom is -0.353 e. The van der Waals surface area contributed by atoms with Crippen molar-refractivity contribution in [2.75, 3.05) is 5.32 Å². The number of amides is 2. The highest BCUT2D eigenvalue weighted by Gasteiger charge is 2.23. The van der Waals surface area contributed by atoms with Crippen LogP contribution in [0, 0.1) is 6.92 Å². The molecular weight excluding hydrogens is 402 g/mol. The molecule has 0 unspecified atom stereocenters. The van der Waals surface area contributed by atoms with Crippen LogP contribution in [0.3, 0.4) is 0 Å². The third kappa shape index (κ3) is 7.16. The van der Waals surface area contributed by atoms with Gasteiger partial charge in [-0.05, 0) is 56.7 Å². The Bertz CT molecular complexity index is 812. The Labute approximate surface area is 181 Å². The van der Waals surface area contributed by atoms with E-state index in [1.807, 2.05) is 49.9 Å². The van der Waals surface area contributed by atoms with Crippen LogP contribution in [0.25, 0.3) is 0 Å². The molecule has 2 N–H and O–H groups in total. The smallest absolute Gasteiger partial charge is 0.224 e. The molecule has 1 aliphatic rings. The first-order valence-corrected chi connectivity index (χ1v) is 12.0. The van der Waals surface area contributed by atoms with Crippen molar-refractivity contribution in [3.63, 3.8) is 0 Å². The third-order valence-corrected chi connectivity index (χ3v) is 7.41. The number of nitrogens with one attached hydrogen (secondary N) is 2. The molecular formula is C22H29N3O2S2. The summed E-state index contributed by atoms with van der Waals surface area (Å²) in [7, 11) is 0. The lowest BCUT2D eigenvalue weighted by Crippen LogP contribution is -2.38. The molecule has 0 aliphatic heterocycles. The van der Waals surface area contributed by atoms with Crippen molar-refractivity contribution in [3.8, 4) is 0 Å². The number of carbonyl (C=O) groups excluding carboxylic acids is 2. The van der Waals surface area contributed by atoms with E-state index < -0.39 is 0 Å². The monoisotopic (exact) mass is 431 g/mol. The number of benzene rings is 1. The molecule has 1 saturated carbocycles. The Balaban J connectivity index is 1.39. The van der Waals surface area contributed by atoms with Gasteiger partial charge in [0.2, 0.25) is 11.8 Å². The standard InChI is InChI=1S/C22H29N3O2S2/c1-3-4-20(26)24-17-7-5-16(6-8-17)13-21(27)25-18-9-11-19(12-10-18)29-22-23-15(2)14-28-22/h5-8,14,18-19H,3-4,9-13H2,1-2H3,(H,24,26)(H,25,27). The van der Waals surface area contributed by atoms with Crippen LogP contribution >= 0.6 is 23.1 Å². The summed E-state index contributed by atoms with van der Waals surface area (Å²) in [4.78, 5) is 28.6. The molecule has 1 aliphatic carbocycles. The van der Waals surface area contributed by atoms with E-state index >= 15 is 0 Å². The zero-order chi connectivity index (χ0) is 20.6. The maximum Gasteiger partial charge on any atom is 0.224 e. The van der Waals surface area contributed by atoms with E-state index in [-0.39, 0.29) is 17.9 Å². The van der Waals surface area contributed by atoms with Gasteiger partial charge in [0.15, 0.2) is 0 Å². The summed E-state index contributed by atoms with van der Waals surface area (Å²) in [5, 5.41) is 8.75. The average molecular weight is 432 g/mol. The van der Waals surface area contributed by atoms with Gasteiger partial charge in [-0.3, -0.25) is 9.59 Å². The molecule has 2 amide bonds. The van der Waals surface area contributed by atoms with Crippen LogP contribution in [0.4, 0.5) is 5.69 Å². The molecule has 0 atom stereocenters. The maximum atomic E-state index is 12.4. The van der Waals surface area contributed by atoms with E-state index in [1.165, 1.54) is 0 Å². The molecule has 1 heterocycles. The average Bonchev–Trinajstić information content (AvgIpc) is 3.10. The second-order valence-electron chi connectivity index (χ2n) is 7.59. The summed E-state index contributed by atoms with van der Waals surface area (Å²) in [6.07, 6.45) is 5.99. The topological polar surface area (TPSA) is 71.1 Å². The Morgan fingerprint density at radius 1 is 1.14 bits per heavy atom. The summed E-state index contributed by atoms with van der Waals surface area (Å²) in [5.41, 5.74) is 2.83. The second kappa shape index (κ2) is 10.8. The van der Waals surface area contributed by atoms with Crippen molar-refractivity contribution in [1.82, 2.24) is 10.3 Å². The van der Waals surface area contributed by atoms with Crippen LogP contribution in [0.5, 0.6) is 0 Å². The summed E-state index contributed by atoms with van der Waals surface area (Å²) < 4.78 is 1.16. The van der Waals surface area contributed by atoms with Crippen LogP contribution in [-0.4, -0.2) is 28.1 Å². The van der Waals surface area contributed by atoms with Crippen LogP contribution in [-0.2, 0) is 16.0 Å². The summed E-state index contributed by atoms with van der Waals surface area (Å²) in [5.74, 6) is 0.0937. The molecule has 1 aromatic heterocycles. The van der Waals surface area contributed by atoms with E-state index in [1.54, 1.807) is 11.3 Å². The predicted octanol–water partition coefficient (Wildman–Crippen LogP) is 4.95. The molecule has 2 aromatic rings. The highest BCUT2D eigenvalue weighted by Crippen LogP contribution is 2.35. The molecule has 0 saturated heterocycles. The first-order chi connectivity index (χ1) is 14.0. The molecule has 5 nitrogen and oxygen atoms in total. The fourth-order valence-corrected chi connectivity index (χ4v) is 5.76. The van der Waals surface area contributed by atoms with Crippen molar-refractivity contribution < 1.29 is 9.59 Å². The van der Waals surface area contributed by atoms with Crippen molar-refractivity contribution >= 4 is 40.6 Å². The maximum absolute atomic E-state index is 12.4. The largest absolute Gasteiger partial charge is 0.353 e. The van der Waals surface area contributed by atoms with Crippen LogP contribution in [0.1, 0.15) is 56.7 Å². The van der Waals surface area contributed by atoms with Gasteiger partial charge in [-0.2, -0.15) is 0 Å². The summed E-state index contributed by atoms with van der Waals surface area (Å²) in [6, 6.07) is 7.80. The Morgan fingerprint density at radius 3 is 2.48 bits per heavy atom. The second-order valence-corrected chi connectivity index (χ2v) is 9.99. The number of carbonyl (C=O) groups is 2. The number of hydrogen-bond acceptors (Lipinski definition) is 5. The van der Waals surface area contributed by atoms with E-state index in [4.69, 9.17) is 0 Å². The van der Waals surface area contributed by atoms with Gasteiger partial charge in [-0.15, -0.1) is 11.3 Å². The lowest BCUT2D eigenvalue weighted by molar-refractivity contribution is -0.121. The zero-order valence-corrected chi connectivity index (χ0v) is 18.7. The number of thiazole rings is 1. The van der Waals surface area contributed by atoms with Crippen LogP contribution in [0.15, 0.2) is 34.0 Å². The molecule has 0 radical (unpaired) electrons. The van der Waals surface area contributed by atoms with Crippen molar-refractivity contribution in [3.05, 3.63) is 40.9 Å². The normalized spacial score (nSPS) is 19.0. The van der Waals surface area contributed by atoms with Crippen LogP contribution in [0.2, 0.25) is 0 Å². The first-order valence-electron chi connectivity index (χ1n) is 10.3. The molecule has 1 fully saturated rings. The number of nitrogens with zero attached hydrogens (tertiary/aromatic N) is 1. The number of anilines is 1. The van der Waals surface area contributed by atoms with E-state index in [0.29, 0.717) is 18.1 Å². The van der Waals surface area contributed by atoms with Gasteiger partial charge < -0.3 is 10.6 Å². The van der Waals surface area contributed by atoms with Crippen LogP contribution < -0.4 is 10.6 Å². The highest BCUT2D eigenvalue weighted by atomic mass is 32.2. The fourth-order valence-electron chi connectivity index (χ4n) is 3.47. The van der Waals surface area contributed by atoms with E-state index in [9.17, 15) is 9.59 Å². The highest BCUT2D eigenvalue weighted by molar-refractivity contribution is 8.01. The number of aryl methyl sites for hydroxylation is 1. The van der Waals surface area contributed by atoms with E-state index in [0.717, 1.165) is 53.4 Å².